The van der Waals surface area contributed by atoms with Crippen molar-refractivity contribution in [3.8, 4) is 28.8 Å². The standard InChI is InChI=1S/C27H22ClN3O3S/c1-3-34-26-14-9-20(15-19(26)2)27-21(18-31(30-27)23-7-5-4-6-8-23)16-25(17-29)35(32,33)24-12-10-22(28)11-13-24/h4-16,18H,3H2,1-2H3/b25-16-. The highest BCUT2D eigenvalue weighted by Gasteiger charge is 2.22. The maximum atomic E-state index is 13.2. The number of halogens is 1. The largest absolute Gasteiger partial charge is 0.494 e. The second-order valence-corrected chi connectivity index (χ2v) is 10.1. The molecule has 0 N–H and O–H groups in total. The summed E-state index contributed by atoms with van der Waals surface area (Å²) in [5, 5.41) is 14.9. The molecule has 0 radical (unpaired) electrons. The molecule has 6 nitrogen and oxygen atoms in total. The minimum absolute atomic E-state index is 0.0105. The summed E-state index contributed by atoms with van der Waals surface area (Å²) in [6, 6.07) is 22.7. The van der Waals surface area contributed by atoms with E-state index >= 15 is 0 Å². The molecule has 0 unspecified atom stereocenters. The van der Waals surface area contributed by atoms with E-state index in [9.17, 15) is 13.7 Å². The monoisotopic (exact) mass is 503 g/mol. The van der Waals surface area contributed by atoms with E-state index in [-0.39, 0.29) is 4.90 Å². The lowest BCUT2D eigenvalue weighted by atomic mass is 10.0. The van der Waals surface area contributed by atoms with Crippen LogP contribution in [0.2, 0.25) is 5.02 Å². The lowest BCUT2D eigenvalue weighted by molar-refractivity contribution is 0.338. The summed E-state index contributed by atoms with van der Waals surface area (Å²) < 4.78 is 33.7. The van der Waals surface area contributed by atoms with Crippen molar-refractivity contribution in [2.24, 2.45) is 0 Å². The molecule has 8 heteroatoms. The average Bonchev–Trinajstić information content (AvgIpc) is 3.28. The number of hydrogen-bond donors (Lipinski definition) is 0. The lowest BCUT2D eigenvalue weighted by Gasteiger charge is -2.09. The zero-order chi connectivity index (χ0) is 25.0. The van der Waals surface area contributed by atoms with Gasteiger partial charge in [0.1, 0.15) is 22.4 Å². The Morgan fingerprint density at radius 1 is 1.11 bits per heavy atom. The van der Waals surface area contributed by atoms with E-state index in [0.717, 1.165) is 22.6 Å². The number of aromatic nitrogens is 2. The number of rotatable bonds is 7. The Balaban J connectivity index is 1.88. The number of nitrogens with zero attached hydrogens (tertiary/aromatic N) is 3. The maximum absolute atomic E-state index is 13.2. The highest BCUT2D eigenvalue weighted by Crippen LogP contribution is 2.31. The molecule has 4 aromatic rings. The van der Waals surface area contributed by atoms with Crippen LogP contribution in [0.4, 0.5) is 0 Å². The minimum Gasteiger partial charge on any atom is -0.494 e. The lowest BCUT2D eigenvalue weighted by Crippen LogP contribution is -2.03. The molecule has 0 saturated carbocycles. The van der Waals surface area contributed by atoms with Crippen LogP contribution in [-0.4, -0.2) is 24.8 Å². The van der Waals surface area contributed by atoms with Crippen LogP contribution in [0.25, 0.3) is 23.0 Å². The predicted molar refractivity (Wildman–Crippen MR) is 137 cm³/mol. The van der Waals surface area contributed by atoms with Crippen LogP contribution in [0.5, 0.6) is 5.75 Å². The van der Waals surface area contributed by atoms with Crippen LogP contribution in [0, 0.1) is 18.3 Å². The van der Waals surface area contributed by atoms with Gasteiger partial charge in [-0.15, -0.1) is 0 Å². The molecule has 0 aliphatic carbocycles. The topological polar surface area (TPSA) is 85.0 Å². The molecule has 0 aliphatic heterocycles. The molecule has 0 spiro atoms. The van der Waals surface area contributed by atoms with Gasteiger partial charge < -0.3 is 4.74 Å². The average molecular weight is 504 g/mol. The smallest absolute Gasteiger partial charge is 0.216 e. The van der Waals surface area contributed by atoms with Gasteiger partial charge in [0, 0.05) is 22.3 Å². The van der Waals surface area contributed by atoms with Crippen LogP contribution in [0.15, 0.2) is 88.8 Å². The van der Waals surface area contributed by atoms with Crippen molar-refractivity contribution >= 4 is 27.5 Å². The van der Waals surface area contributed by atoms with Gasteiger partial charge in [0.2, 0.25) is 9.84 Å². The first-order valence-corrected chi connectivity index (χ1v) is 12.7. The molecule has 1 aromatic heterocycles. The molecule has 0 fully saturated rings. The Labute approximate surface area is 209 Å². The zero-order valence-corrected chi connectivity index (χ0v) is 20.7. The molecule has 0 aliphatic rings. The number of allylic oxidation sites excluding steroid dienone is 1. The molecule has 176 valence electrons. The predicted octanol–water partition coefficient (Wildman–Crippen LogP) is 6.24. The zero-order valence-electron chi connectivity index (χ0n) is 19.1. The molecule has 0 bridgehead atoms. The Kier molecular flexibility index (Phi) is 7.06. The summed E-state index contributed by atoms with van der Waals surface area (Å²) in [6.07, 6.45) is 3.07. The van der Waals surface area contributed by atoms with Gasteiger partial charge in [0.05, 0.1) is 17.2 Å². The fourth-order valence-electron chi connectivity index (χ4n) is 3.60. The summed E-state index contributed by atoms with van der Waals surface area (Å²) in [5.41, 5.74) is 3.52. The normalized spacial score (nSPS) is 11.8. The Morgan fingerprint density at radius 2 is 1.83 bits per heavy atom. The van der Waals surface area contributed by atoms with E-state index in [1.165, 1.54) is 30.3 Å². The molecule has 3 aromatic carbocycles. The summed E-state index contributed by atoms with van der Waals surface area (Å²) in [4.78, 5) is -0.403. The molecule has 0 amide bonds. The Morgan fingerprint density at radius 3 is 2.46 bits per heavy atom. The van der Waals surface area contributed by atoms with Crippen molar-refractivity contribution in [1.82, 2.24) is 9.78 Å². The van der Waals surface area contributed by atoms with Gasteiger partial charge >= 0.3 is 0 Å². The number of sulfone groups is 1. The Bertz CT molecular complexity index is 1540. The molecule has 4 rings (SSSR count). The first-order chi connectivity index (χ1) is 16.8. The summed E-state index contributed by atoms with van der Waals surface area (Å²) in [5.74, 6) is 0.763. The number of aryl methyl sites for hydroxylation is 1. The number of nitriles is 1. The van der Waals surface area contributed by atoms with Crippen molar-refractivity contribution in [3.05, 3.63) is 100 Å². The van der Waals surface area contributed by atoms with Gasteiger partial charge in [-0.3, -0.25) is 0 Å². The number of para-hydroxylation sites is 1. The third-order valence-electron chi connectivity index (χ3n) is 5.32. The first kappa shape index (κ1) is 24.3. The Hall–Kier alpha value is -3.86. The maximum Gasteiger partial charge on any atom is 0.216 e. The summed E-state index contributed by atoms with van der Waals surface area (Å²) in [7, 11) is -4.06. The molecular formula is C27H22ClN3O3S. The third kappa shape index (κ3) is 5.14. The van der Waals surface area contributed by atoms with E-state index < -0.39 is 14.7 Å². The number of benzene rings is 3. The summed E-state index contributed by atoms with van der Waals surface area (Å²) in [6.45, 7) is 4.40. The minimum atomic E-state index is -4.06. The second-order valence-electron chi connectivity index (χ2n) is 7.70. The number of ether oxygens (including phenoxy) is 1. The van der Waals surface area contributed by atoms with Gasteiger partial charge in [-0.05, 0) is 80.1 Å². The molecular weight excluding hydrogens is 482 g/mol. The van der Waals surface area contributed by atoms with E-state index in [1.54, 1.807) is 10.9 Å². The van der Waals surface area contributed by atoms with E-state index in [1.807, 2.05) is 68.4 Å². The van der Waals surface area contributed by atoms with Crippen LogP contribution < -0.4 is 4.74 Å². The molecule has 35 heavy (non-hydrogen) atoms. The fourth-order valence-corrected chi connectivity index (χ4v) is 4.87. The van der Waals surface area contributed by atoms with Crippen molar-refractivity contribution in [2.45, 2.75) is 18.7 Å². The fraction of sp³-hybridized carbons (Fsp3) is 0.111. The van der Waals surface area contributed by atoms with Gasteiger partial charge in [0.15, 0.2) is 0 Å². The first-order valence-electron chi connectivity index (χ1n) is 10.8. The molecule has 0 atom stereocenters. The molecule has 1 heterocycles. The van der Waals surface area contributed by atoms with Crippen molar-refractivity contribution < 1.29 is 13.2 Å². The highest BCUT2D eigenvalue weighted by molar-refractivity contribution is 7.95. The second kappa shape index (κ2) is 10.2. The van der Waals surface area contributed by atoms with Crippen LogP contribution in [0.3, 0.4) is 0 Å². The quantitative estimate of drug-likeness (QED) is 0.279. The van der Waals surface area contributed by atoms with Crippen LogP contribution in [0.1, 0.15) is 18.1 Å². The number of hydrogen-bond acceptors (Lipinski definition) is 5. The highest BCUT2D eigenvalue weighted by atomic mass is 35.5. The van der Waals surface area contributed by atoms with E-state index in [2.05, 4.69) is 0 Å². The SMILES string of the molecule is CCOc1ccc(-c2nn(-c3ccccc3)cc2/C=C(/C#N)S(=O)(=O)c2ccc(Cl)cc2)cc1C. The van der Waals surface area contributed by atoms with Crippen molar-refractivity contribution in [2.75, 3.05) is 6.61 Å². The van der Waals surface area contributed by atoms with Crippen LogP contribution in [-0.2, 0) is 9.84 Å². The summed E-state index contributed by atoms with van der Waals surface area (Å²) >= 11 is 5.90. The van der Waals surface area contributed by atoms with Gasteiger partial charge in [-0.2, -0.15) is 10.4 Å². The van der Waals surface area contributed by atoms with Crippen LogP contribution >= 0.6 is 11.6 Å². The van der Waals surface area contributed by atoms with E-state index in [0.29, 0.717) is 22.9 Å². The van der Waals surface area contributed by atoms with Crippen molar-refractivity contribution in [3.63, 3.8) is 0 Å². The van der Waals surface area contributed by atoms with Gasteiger partial charge in [-0.25, -0.2) is 13.1 Å². The van der Waals surface area contributed by atoms with E-state index in [4.69, 9.17) is 21.4 Å². The van der Waals surface area contributed by atoms with Gasteiger partial charge in [-0.1, -0.05) is 29.8 Å². The third-order valence-corrected chi connectivity index (χ3v) is 7.25. The molecule has 0 saturated heterocycles. The van der Waals surface area contributed by atoms with Crippen molar-refractivity contribution in [1.29, 1.82) is 5.26 Å². The van der Waals surface area contributed by atoms with Gasteiger partial charge in [0.25, 0.3) is 0 Å².